The molecule has 0 aliphatic carbocycles. The smallest absolute Gasteiger partial charge is 0.462 e. The van der Waals surface area contributed by atoms with Crippen molar-refractivity contribution >= 4 is 39.5 Å². The lowest BCUT2D eigenvalue weighted by molar-refractivity contribution is -0.161. The summed E-state index contributed by atoms with van der Waals surface area (Å²) in [6.07, 6.45) is 45.9. The summed E-state index contributed by atoms with van der Waals surface area (Å²) in [5, 5.41) is 10.5. The molecule has 0 rings (SSSR count). The Kier molecular flexibility index (Phi) is 59.2. The van der Waals surface area contributed by atoms with Gasteiger partial charge in [0, 0.05) is 25.7 Å². The average Bonchev–Trinajstić information content (AvgIpc) is 3.66. The van der Waals surface area contributed by atoms with Gasteiger partial charge in [0.2, 0.25) is 0 Å². The van der Waals surface area contributed by atoms with Gasteiger partial charge in [-0.25, -0.2) is 9.13 Å². The van der Waals surface area contributed by atoms with Crippen molar-refractivity contribution in [3.05, 3.63) is 0 Å². The lowest BCUT2D eigenvalue weighted by Crippen LogP contribution is -2.30. The standard InChI is InChI=1S/C67H130O17P2/c1-6-9-12-15-18-21-32-36-41-46-51-65(70)78-57-63(84-67(72)53-48-43-38-33-29-27-25-23-22-24-26-28-31-34-39-44-49-60(4)5)59-82-86(75,76)80-55-61(68)54-79-85(73,74)81-58-62(56-77-64(69)50-45-40-35-20-17-14-11-8-3)83-66(71)52-47-42-37-30-19-16-13-10-7-2/h60-63,68H,6-59H2,1-5H3,(H,73,74)(H,75,76)/t61-,62+,63+/m0/s1. The summed E-state index contributed by atoms with van der Waals surface area (Å²) in [7, 11) is -9.88. The summed E-state index contributed by atoms with van der Waals surface area (Å²) >= 11 is 0. The molecule has 0 aliphatic heterocycles. The van der Waals surface area contributed by atoms with E-state index in [1.807, 2.05) is 0 Å². The van der Waals surface area contributed by atoms with Crippen molar-refractivity contribution in [2.24, 2.45) is 5.92 Å². The number of hydrogen-bond donors (Lipinski definition) is 3. The molecule has 0 saturated carbocycles. The zero-order chi connectivity index (χ0) is 63.5. The number of esters is 4. The van der Waals surface area contributed by atoms with E-state index in [0.717, 1.165) is 102 Å². The molecular weight excluding hydrogens is 1140 g/mol. The van der Waals surface area contributed by atoms with Gasteiger partial charge in [0.05, 0.1) is 26.4 Å². The summed E-state index contributed by atoms with van der Waals surface area (Å²) in [4.78, 5) is 72.2. The second-order valence-corrected chi connectivity index (χ2v) is 27.6. The first-order valence-corrected chi connectivity index (χ1v) is 38.1. The molecule has 0 fully saturated rings. The van der Waals surface area contributed by atoms with Gasteiger partial charge in [0.1, 0.15) is 19.3 Å². The third-order valence-electron chi connectivity index (χ3n) is 15.5. The molecule has 2 unspecified atom stereocenters. The molecule has 5 atom stereocenters. The first-order valence-electron chi connectivity index (χ1n) is 35.1. The molecular formula is C67H130O17P2. The Bertz CT molecular complexity index is 1670. The minimum atomic E-state index is -4.95. The molecule has 0 spiro atoms. The minimum Gasteiger partial charge on any atom is -0.462 e. The van der Waals surface area contributed by atoms with Crippen molar-refractivity contribution in [1.82, 2.24) is 0 Å². The molecule has 0 saturated heterocycles. The highest BCUT2D eigenvalue weighted by molar-refractivity contribution is 7.47. The second kappa shape index (κ2) is 60.6. The first kappa shape index (κ1) is 84.1. The highest BCUT2D eigenvalue weighted by Crippen LogP contribution is 2.45. The van der Waals surface area contributed by atoms with E-state index in [0.29, 0.717) is 25.7 Å². The Morgan fingerprint density at radius 3 is 0.791 bits per heavy atom. The van der Waals surface area contributed by atoms with Gasteiger partial charge in [-0.1, -0.05) is 291 Å². The summed E-state index contributed by atoms with van der Waals surface area (Å²) < 4.78 is 68.0. The lowest BCUT2D eigenvalue weighted by atomic mass is 10.0. The highest BCUT2D eigenvalue weighted by Gasteiger charge is 2.30. The largest absolute Gasteiger partial charge is 0.472 e. The van der Waals surface area contributed by atoms with Crippen molar-refractivity contribution in [2.45, 2.75) is 361 Å². The third kappa shape index (κ3) is 60.9. The molecule has 19 heteroatoms. The van der Waals surface area contributed by atoms with Crippen molar-refractivity contribution in [2.75, 3.05) is 39.6 Å². The van der Waals surface area contributed by atoms with E-state index in [9.17, 15) is 43.2 Å². The molecule has 3 N–H and O–H groups in total. The Morgan fingerprint density at radius 2 is 0.535 bits per heavy atom. The monoisotopic (exact) mass is 1270 g/mol. The summed E-state index contributed by atoms with van der Waals surface area (Å²) in [6, 6.07) is 0. The normalized spacial score (nSPS) is 14.2. The number of rotatable bonds is 67. The summed E-state index contributed by atoms with van der Waals surface area (Å²) in [5.74, 6) is -1.32. The van der Waals surface area contributed by atoms with Crippen LogP contribution < -0.4 is 0 Å². The van der Waals surface area contributed by atoms with Crippen molar-refractivity contribution in [3.63, 3.8) is 0 Å². The van der Waals surface area contributed by atoms with Gasteiger partial charge < -0.3 is 33.8 Å². The summed E-state index contributed by atoms with van der Waals surface area (Å²) in [5.41, 5.74) is 0. The molecule has 0 bridgehead atoms. The first-order chi connectivity index (χ1) is 41.5. The van der Waals surface area contributed by atoms with Gasteiger partial charge in [0.25, 0.3) is 0 Å². The van der Waals surface area contributed by atoms with Crippen LogP contribution in [0.2, 0.25) is 0 Å². The summed E-state index contributed by atoms with van der Waals surface area (Å²) in [6.45, 7) is 7.20. The van der Waals surface area contributed by atoms with E-state index in [1.54, 1.807) is 0 Å². The van der Waals surface area contributed by atoms with Crippen LogP contribution in [0.1, 0.15) is 343 Å². The van der Waals surface area contributed by atoms with Gasteiger partial charge >= 0.3 is 39.5 Å². The van der Waals surface area contributed by atoms with E-state index in [-0.39, 0.29) is 25.7 Å². The number of phosphoric ester groups is 2. The van der Waals surface area contributed by atoms with Crippen LogP contribution in [-0.4, -0.2) is 96.7 Å². The van der Waals surface area contributed by atoms with Crippen LogP contribution in [0.3, 0.4) is 0 Å². The number of ether oxygens (including phenoxy) is 4. The Hall–Kier alpha value is -1.94. The van der Waals surface area contributed by atoms with E-state index in [2.05, 4.69) is 34.6 Å². The molecule has 0 heterocycles. The fraction of sp³-hybridized carbons (Fsp3) is 0.940. The molecule has 0 aromatic rings. The second-order valence-electron chi connectivity index (χ2n) is 24.7. The maximum atomic E-state index is 13.0. The predicted molar refractivity (Wildman–Crippen MR) is 345 cm³/mol. The maximum absolute atomic E-state index is 13.0. The quantitative estimate of drug-likeness (QED) is 0.0222. The van der Waals surface area contributed by atoms with Crippen LogP contribution >= 0.6 is 15.6 Å². The van der Waals surface area contributed by atoms with Gasteiger partial charge in [-0.3, -0.25) is 37.3 Å². The zero-order valence-electron chi connectivity index (χ0n) is 55.4. The van der Waals surface area contributed by atoms with Gasteiger partial charge in [-0.05, 0) is 31.6 Å². The van der Waals surface area contributed by atoms with Crippen LogP contribution in [0.15, 0.2) is 0 Å². The molecule has 510 valence electrons. The van der Waals surface area contributed by atoms with Crippen LogP contribution in [0.4, 0.5) is 0 Å². The van der Waals surface area contributed by atoms with Crippen molar-refractivity contribution in [1.29, 1.82) is 0 Å². The van der Waals surface area contributed by atoms with Gasteiger partial charge in [0.15, 0.2) is 12.2 Å². The van der Waals surface area contributed by atoms with Gasteiger partial charge in [-0.15, -0.1) is 0 Å². The van der Waals surface area contributed by atoms with Crippen LogP contribution in [0.25, 0.3) is 0 Å². The molecule has 86 heavy (non-hydrogen) atoms. The predicted octanol–water partition coefficient (Wildman–Crippen LogP) is 19.0. The number of aliphatic hydroxyl groups is 1. The minimum absolute atomic E-state index is 0.106. The Labute approximate surface area is 524 Å². The van der Waals surface area contributed by atoms with Crippen LogP contribution in [-0.2, 0) is 65.4 Å². The fourth-order valence-electron chi connectivity index (χ4n) is 10.1. The Morgan fingerprint density at radius 1 is 0.314 bits per heavy atom. The van der Waals surface area contributed by atoms with Crippen molar-refractivity contribution in [3.8, 4) is 0 Å². The Balaban J connectivity index is 5.15. The van der Waals surface area contributed by atoms with Gasteiger partial charge in [-0.2, -0.15) is 0 Å². The fourth-order valence-corrected chi connectivity index (χ4v) is 11.7. The number of carbonyl (C=O) groups is 4. The number of carbonyl (C=O) groups excluding carboxylic acids is 4. The van der Waals surface area contributed by atoms with E-state index < -0.39 is 97.5 Å². The van der Waals surface area contributed by atoms with E-state index in [1.165, 1.54) is 161 Å². The molecule has 0 aromatic heterocycles. The molecule has 17 nitrogen and oxygen atoms in total. The van der Waals surface area contributed by atoms with Crippen molar-refractivity contribution < 1.29 is 80.2 Å². The molecule has 0 amide bonds. The number of hydrogen-bond acceptors (Lipinski definition) is 15. The molecule has 0 aromatic carbocycles. The topological polar surface area (TPSA) is 237 Å². The number of unbranched alkanes of at least 4 members (excludes halogenated alkanes) is 39. The molecule has 0 radical (unpaired) electrons. The number of aliphatic hydroxyl groups excluding tert-OH is 1. The molecule has 0 aliphatic rings. The van der Waals surface area contributed by atoms with Crippen LogP contribution in [0.5, 0.6) is 0 Å². The van der Waals surface area contributed by atoms with E-state index in [4.69, 9.17) is 37.0 Å². The highest BCUT2D eigenvalue weighted by atomic mass is 31.2. The lowest BCUT2D eigenvalue weighted by Gasteiger charge is -2.21. The maximum Gasteiger partial charge on any atom is 0.472 e. The van der Waals surface area contributed by atoms with Crippen LogP contribution in [0, 0.1) is 5.92 Å². The van der Waals surface area contributed by atoms with E-state index >= 15 is 0 Å². The third-order valence-corrected chi connectivity index (χ3v) is 17.4. The zero-order valence-corrected chi connectivity index (χ0v) is 57.2. The number of phosphoric acid groups is 2. The average molecular weight is 1270 g/mol. The SMILES string of the molecule is CCCCCCCCCCCCC(=O)OC[C@H](COP(=O)(O)OC[C@@H](O)COP(=O)(O)OC[C@@H](COC(=O)CCCCCCCCCC)OC(=O)CCCCCCCCCCC)OC(=O)CCCCCCCCCCCCCCCCCCC(C)C.